The molecule has 2 aromatic rings. The second kappa shape index (κ2) is 8.61. The lowest BCUT2D eigenvalue weighted by Crippen LogP contribution is -2.55. The number of amides is 1. The van der Waals surface area contributed by atoms with Crippen molar-refractivity contribution in [2.45, 2.75) is 39.0 Å². The van der Waals surface area contributed by atoms with Crippen molar-refractivity contribution in [3.63, 3.8) is 0 Å². The van der Waals surface area contributed by atoms with Crippen LogP contribution in [-0.4, -0.2) is 46.1 Å². The highest BCUT2D eigenvalue weighted by atomic mass is 19.1. The molecule has 0 radical (unpaired) electrons. The topological polar surface area (TPSA) is 55.8 Å². The summed E-state index contributed by atoms with van der Waals surface area (Å²) in [4.78, 5) is 16.1. The molecule has 0 aliphatic carbocycles. The van der Waals surface area contributed by atoms with Crippen molar-refractivity contribution in [3.05, 3.63) is 71.0 Å². The molecule has 2 atom stereocenters. The van der Waals surface area contributed by atoms with E-state index in [1.165, 1.54) is 23.2 Å². The smallest absolute Gasteiger partial charge is 0.274 e. The van der Waals surface area contributed by atoms with E-state index in [0.29, 0.717) is 24.2 Å². The van der Waals surface area contributed by atoms with Crippen LogP contribution in [0.3, 0.4) is 0 Å². The van der Waals surface area contributed by atoms with Crippen LogP contribution in [0.5, 0.6) is 0 Å². The fourth-order valence-electron chi connectivity index (χ4n) is 3.82. The van der Waals surface area contributed by atoms with Crippen LogP contribution in [0.1, 0.15) is 35.3 Å². The van der Waals surface area contributed by atoms with Crippen LogP contribution in [0.15, 0.2) is 48.5 Å². The lowest BCUT2D eigenvalue weighted by Gasteiger charge is -2.44. The molecule has 1 aliphatic rings. The van der Waals surface area contributed by atoms with Gasteiger partial charge in [-0.2, -0.15) is 0 Å². The molecule has 1 aliphatic heterocycles. The van der Waals surface area contributed by atoms with Crippen molar-refractivity contribution in [1.82, 2.24) is 15.3 Å². The van der Waals surface area contributed by atoms with E-state index in [2.05, 4.69) is 47.9 Å². The van der Waals surface area contributed by atoms with Crippen molar-refractivity contribution in [1.29, 1.82) is 0 Å². The van der Waals surface area contributed by atoms with Crippen molar-refractivity contribution in [2.75, 3.05) is 13.1 Å². The van der Waals surface area contributed by atoms with Crippen LogP contribution in [0.4, 0.5) is 4.39 Å². The maximum Gasteiger partial charge on any atom is 0.274 e. The first kappa shape index (κ1) is 19.5. The average molecular weight is 371 g/mol. The van der Waals surface area contributed by atoms with Crippen molar-refractivity contribution in [3.8, 4) is 0 Å². The van der Waals surface area contributed by atoms with E-state index in [1.807, 2.05) is 6.07 Å². The standard InChI is InChI=1S/C21H26FN3O2/c1-15-11-24(12-16(2)25(15)13-17-6-4-3-5-7-17)14-19-9-8-18(10-20(19)22)21(26)23-27/h3-10,15-16,27H,11-14H2,1-2H3,(H,23,26)/t15-,16?/m1/s1. The van der Waals surface area contributed by atoms with Gasteiger partial charge in [0.05, 0.1) is 0 Å². The van der Waals surface area contributed by atoms with Gasteiger partial charge in [-0.1, -0.05) is 36.4 Å². The number of carbonyl (C=O) groups is 1. The number of halogens is 1. The first-order chi connectivity index (χ1) is 13.0. The van der Waals surface area contributed by atoms with E-state index in [-0.39, 0.29) is 5.56 Å². The molecule has 6 heteroatoms. The van der Waals surface area contributed by atoms with Crippen LogP contribution >= 0.6 is 0 Å². The minimum atomic E-state index is -0.711. The zero-order chi connectivity index (χ0) is 19.4. The Hall–Kier alpha value is -2.28. The minimum absolute atomic E-state index is 0.105. The van der Waals surface area contributed by atoms with Crippen LogP contribution in [0.2, 0.25) is 0 Å². The maximum atomic E-state index is 14.4. The van der Waals surface area contributed by atoms with E-state index in [0.717, 1.165) is 19.6 Å². The normalized spacial score (nSPS) is 21.2. The monoisotopic (exact) mass is 371 g/mol. The lowest BCUT2D eigenvalue weighted by atomic mass is 10.0. The Morgan fingerprint density at radius 2 is 1.78 bits per heavy atom. The Morgan fingerprint density at radius 1 is 1.11 bits per heavy atom. The van der Waals surface area contributed by atoms with E-state index in [1.54, 1.807) is 6.07 Å². The molecule has 144 valence electrons. The van der Waals surface area contributed by atoms with Crippen LogP contribution in [0, 0.1) is 5.82 Å². The molecule has 5 nitrogen and oxygen atoms in total. The molecular weight excluding hydrogens is 345 g/mol. The number of hydrogen-bond acceptors (Lipinski definition) is 4. The van der Waals surface area contributed by atoms with E-state index < -0.39 is 11.7 Å². The molecule has 1 saturated heterocycles. The third kappa shape index (κ3) is 4.71. The number of hydrogen-bond donors (Lipinski definition) is 2. The van der Waals surface area contributed by atoms with Gasteiger partial charge in [-0.3, -0.25) is 19.8 Å². The molecule has 1 amide bonds. The van der Waals surface area contributed by atoms with Crippen molar-refractivity contribution >= 4 is 5.91 Å². The predicted octanol–water partition coefficient (Wildman–Crippen LogP) is 3.04. The molecule has 0 bridgehead atoms. The zero-order valence-electron chi connectivity index (χ0n) is 15.7. The second-order valence-corrected chi connectivity index (χ2v) is 7.30. The van der Waals surface area contributed by atoms with Gasteiger partial charge in [0.15, 0.2) is 0 Å². The van der Waals surface area contributed by atoms with Gasteiger partial charge in [0.2, 0.25) is 0 Å². The van der Waals surface area contributed by atoms with Gasteiger partial charge in [-0.05, 0) is 31.5 Å². The Kier molecular flexibility index (Phi) is 6.21. The summed E-state index contributed by atoms with van der Waals surface area (Å²) in [5.74, 6) is -1.14. The molecule has 1 unspecified atom stereocenters. The third-order valence-electron chi connectivity index (χ3n) is 5.20. The summed E-state index contributed by atoms with van der Waals surface area (Å²) in [5.41, 5.74) is 3.48. The Labute approximate surface area is 159 Å². The minimum Gasteiger partial charge on any atom is -0.296 e. The number of rotatable bonds is 5. The summed E-state index contributed by atoms with van der Waals surface area (Å²) < 4.78 is 14.4. The van der Waals surface area contributed by atoms with E-state index in [9.17, 15) is 9.18 Å². The summed E-state index contributed by atoms with van der Waals surface area (Å²) in [6, 6.07) is 15.5. The third-order valence-corrected chi connectivity index (χ3v) is 5.20. The van der Waals surface area contributed by atoms with Crippen LogP contribution < -0.4 is 5.48 Å². The predicted molar refractivity (Wildman–Crippen MR) is 102 cm³/mol. The first-order valence-corrected chi connectivity index (χ1v) is 9.23. The molecule has 0 aromatic heterocycles. The summed E-state index contributed by atoms with van der Waals surface area (Å²) in [5, 5.41) is 8.66. The maximum absolute atomic E-state index is 14.4. The fraction of sp³-hybridized carbons (Fsp3) is 0.381. The van der Waals surface area contributed by atoms with Crippen LogP contribution in [0.25, 0.3) is 0 Å². The number of nitrogens with one attached hydrogen (secondary N) is 1. The fourth-order valence-corrected chi connectivity index (χ4v) is 3.82. The van der Waals surface area contributed by atoms with Gasteiger partial charge in [0.1, 0.15) is 5.82 Å². The number of benzene rings is 2. The SMILES string of the molecule is CC1CN(Cc2ccc(C(=O)NO)cc2F)C[C@@H](C)N1Cc1ccccc1. The number of hydroxylamine groups is 1. The van der Waals surface area contributed by atoms with Crippen molar-refractivity contribution in [2.24, 2.45) is 0 Å². The molecule has 0 spiro atoms. The van der Waals surface area contributed by atoms with Gasteiger partial charge in [0.25, 0.3) is 5.91 Å². The second-order valence-electron chi connectivity index (χ2n) is 7.30. The average Bonchev–Trinajstić information content (AvgIpc) is 2.66. The Bertz CT molecular complexity index is 772. The molecular formula is C21H26FN3O2. The van der Waals surface area contributed by atoms with Gasteiger partial charge >= 0.3 is 0 Å². The van der Waals surface area contributed by atoms with Crippen molar-refractivity contribution < 1.29 is 14.4 Å². The molecule has 27 heavy (non-hydrogen) atoms. The van der Waals surface area contributed by atoms with E-state index >= 15 is 0 Å². The Morgan fingerprint density at radius 3 is 2.37 bits per heavy atom. The summed E-state index contributed by atoms with van der Waals surface area (Å²) in [6.45, 7) is 7.54. The molecule has 2 aromatic carbocycles. The summed E-state index contributed by atoms with van der Waals surface area (Å²) >= 11 is 0. The van der Waals surface area contributed by atoms with Gasteiger partial charge in [-0.25, -0.2) is 9.87 Å². The largest absolute Gasteiger partial charge is 0.296 e. The van der Waals surface area contributed by atoms with Gasteiger partial charge in [0, 0.05) is 49.4 Å². The quantitative estimate of drug-likeness (QED) is 0.627. The number of carbonyl (C=O) groups excluding carboxylic acids is 1. The Balaban J connectivity index is 1.64. The number of nitrogens with zero attached hydrogens (tertiary/aromatic N) is 2. The summed E-state index contributed by atoms with van der Waals surface area (Å²) in [7, 11) is 0. The molecule has 3 rings (SSSR count). The highest BCUT2D eigenvalue weighted by Crippen LogP contribution is 2.21. The zero-order valence-corrected chi connectivity index (χ0v) is 15.7. The van der Waals surface area contributed by atoms with Crippen LogP contribution in [-0.2, 0) is 13.1 Å². The van der Waals surface area contributed by atoms with E-state index in [4.69, 9.17) is 5.21 Å². The highest BCUT2D eigenvalue weighted by molar-refractivity contribution is 5.93. The molecule has 2 N–H and O–H groups in total. The summed E-state index contributed by atoms with van der Waals surface area (Å²) in [6.07, 6.45) is 0. The molecule has 0 saturated carbocycles. The lowest BCUT2D eigenvalue weighted by molar-refractivity contribution is 0.0285. The first-order valence-electron chi connectivity index (χ1n) is 9.23. The number of piperazine rings is 1. The van der Waals surface area contributed by atoms with Gasteiger partial charge in [-0.15, -0.1) is 0 Å². The van der Waals surface area contributed by atoms with Gasteiger partial charge < -0.3 is 0 Å². The molecule has 1 heterocycles. The molecule has 1 fully saturated rings. The highest BCUT2D eigenvalue weighted by Gasteiger charge is 2.29.